The molecule has 0 spiro atoms. The van der Waals surface area contributed by atoms with Crippen molar-refractivity contribution in [3.63, 3.8) is 0 Å². The molecule has 0 saturated heterocycles. The second-order valence-corrected chi connectivity index (χ2v) is 3.71. The number of carbonyl (C=O) groups is 1. The van der Waals surface area contributed by atoms with Crippen LogP contribution in [-0.4, -0.2) is 12.4 Å². The molecule has 1 aromatic rings. The highest BCUT2D eigenvalue weighted by molar-refractivity contribution is 5.97. The fourth-order valence-electron chi connectivity index (χ4n) is 1.40. The molecule has 1 rings (SSSR count). The molecule has 0 N–H and O–H groups in total. The molecule has 0 aromatic heterocycles. The molecule has 0 aliphatic carbocycles. The summed E-state index contributed by atoms with van der Waals surface area (Å²) in [5.74, 6) is 3.23. The van der Waals surface area contributed by atoms with Gasteiger partial charge in [-0.3, -0.25) is 4.79 Å². The summed E-state index contributed by atoms with van der Waals surface area (Å²) in [4.78, 5) is 11.4. The molecule has 0 radical (unpaired) electrons. The highest BCUT2D eigenvalue weighted by Gasteiger charge is 2.08. The monoisotopic (exact) mass is 216 g/mol. The third-order valence-electron chi connectivity index (χ3n) is 2.24. The molecular weight excluding hydrogens is 200 g/mol. The smallest absolute Gasteiger partial charge is 0.163 e. The van der Waals surface area contributed by atoms with Crippen LogP contribution < -0.4 is 4.74 Å². The summed E-state index contributed by atoms with van der Waals surface area (Å²) < 4.78 is 5.54. The summed E-state index contributed by atoms with van der Waals surface area (Å²) in [6.45, 7) is 4.05. The van der Waals surface area contributed by atoms with Crippen LogP contribution in [0.5, 0.6) is 5.75 Å². The molecule has 2 heteroatoms. The largest absolute Gasteiger partial charge is 0.493 e. The molecule has 84 valence electrons. The van der Waals surface area contributed by atoms with Crippen LogP contribution in [0.4, 0.5) is 0 Å². The first kappa shape index (κ1) is 12.3. The van der Waals surface area contributed by atoms with Gasteiger partial charge in [-0.15, -0.1) is 12.3 Å². The van der Waals surface area contributed by atoms with Gasteiger partial charge in [0, 0.05) is 6.42 Å². The Labute approximate surface area is 96.6 Å². The Morgan fingerprint density at radius 2 is 2.25 bits per heavy atom. The van der Waals surface area contributed by atoms with Crippen molar-refractivity contribution in [2.45, 2.75) is 26.7 Å². The van der Waals surface area contributed by atoms with Gasteiger partial charge in [-0.2, -0.15) is 0 Å². The van der Waals surface area contributed by atoms with Gasteiger partial charge in [-0.1, -0.05) is 11.6 Å². The molecule has 0 bridgehead atoms. The van der Waals surface area contributed by atoms with Crippen molar-refractivity contribution in [3.05, 3.63) is 29.3 Å². The van der Waals surface area contributed by atoms with Crippen molar-refractivity contribution in [1.29, 1.82) is 0 Å². The first-order valence-electron chi connectivity index (χ1n) is 5.33. The predicted molar refractivity (Wildman–Crippen MR) is 64.7 cm³/mol. The van der Waals surface area contributed by atoms with E-state index in [0.29, 0.717) is 24.3 Å². The van der Waals surface area contributed by atoms with Crippen LogP contribution in [0.1, 0.15) is 35.7 Å². The molecule has 0 heterocycles. The van der Waals surface area contributed by atoms with Gasteiger partial charge < -0.3 is 4.74 Å². The molecule has 0 aliphatic rings. The van der Waals surface area contributed by atoms with Gasteiger partial charge in [0.25, 0.3) is 0 Å². The maximum Gasteiger partial charge on any atom is 0.163 e. The second kappa shape index (κ2) is 5.97. The fraction of sp³-hybridized carbons (Fsp3) is 0.357. The average Bonchev–Trinajstić information content (AvgIpc) is 2.26. The van der Waals surface area contributed by atoms with Crippen molar-refractivity contribution in [2.75, 3.05) is 6.61 Å². The van der Waals surface area contributed by atoms with Gasteiger partial charge in [-0.05, 0) is 32.4 Å². The third-order valence-corrected chi connectivity index (χ3v) is 2.24. The minimum atomic E-state index is 0.0237. The van der Waals surface area contributed by atoms with E-state index in [0.717, 1.165) is 12.0 Å². The van der Waals surface area contributed by atoms with Gasteiger partial charge in [-0.25, -0.2) is 0 Å². The quantitative estimate of drug-likeness (QED) is 0.429. The average molecular weight is 216 g/mol. The summed E-state index contributed by atoms with van der Waals surface area (Å²) in [6.07, 6.45) is 6.65. The number of ether oxygens (including phenoxy) is 1. The second-order valence-electron chi connectivity index (χ2n) is 3.71. The SMILES string of the molecule is C#CCCCOc1ccc(C)cc1C(C)=O. The molecular formula is C14H16O2. The first-order chi connectivity index (χ1) is 7.65. The molecule has 1 aromatic carbocycles. The van der Waals surface area contributed by atoms with E-state index < -0.39 is 0 Å². The van der Waals surface area contributed by atoms with Crippen molar-refractivity contribution < 1.29 is 9.53 Å². The van der Waals surface area contributed by atoms with Crippen LogP contribution in [-0.2, 0) is 0 Å². The van der Waals surface area contributed by atoms with E-state index in [4.69, 9.17) is 11.2 Å². The number of hydrogen-bond acceptors (Lipinski definition) is 2. The zero-order valence-electron chi connectivity index (χ0n) is 9.75. The Hall–Kier alpha value is -1.75. The summed E-state index contributed by atoms with van der Waals surface area (Å²) in [5, 5.41) is 0. The summed E-state index contributed by atoms with van der Waals surface area (Å²) in [5.41, 5.74) is 1.70. The number of aryl methyl sites for hydroxylation is 1. The summed E-state index contributed by atoms with van der Waals surface area (Å²) >= 11 is 0. The van der Waals surface area contributed by atoms with E-state index in [1.165, 1.54) is 0 Å². The Morgan fingerprint density at radius 1 is 1.50 bits per heavy atom. The van der Waals surface area contributed by atoms with E-state index in [2.05, 4.69) is 5.92 Å². The number of rotatable bonds is 5. The highest BCUT2D eigenvalue weighted by Crippen LogP contribution is 2.20. The molecule has 0 unspecified atom stereocenters. The van der Waals surface area contributed by atoms with Gasteiger partial charge in [0.1, 0.15) is 5.75 Å². The Balaban J connectivity index is 2.72. The van der Waals surface area contributed by atoms with Crippen LogP contribution in [0.3, 0.4) is 0 Å². The number of ketones is 1. The number of Topliss-reactive ketones (excluding diaryl/α,β-unsaturated/α-hetero) is 1. The van der Waals surface area contributed by atoms with Gasteiger partial charge in [0.2, 0.25) is 0 Å². The van der Waals surface area contributed by atoms with E-state index >= 15 is 0 Å². The number of hydrogen-bond donors (Lipinski definition) is 0. The number of unbranched alkanes of at least 4 members (excludes halogenated alkanes) is 1. The van der Waals surface area contributed by atoms with Gasteiger partial charge in [0.05, 0.1) is 12.2 Å². The maximum absolute atomic E-state index is 11.4. The van der Waals surface area contributed by atoms with Gasteiger partial charge >= 0.3 is 0 Å². The van der Waals surface area contributed by atoms with Crippen LogP contribution in [0.2, 0.25) is 0 Å². The van der Waals surface area contributed by atoms with Crippen molar-refractivity contribution in [2.24, 2.45) is 0 Å². The Bertz CT molecular complexity index is 413. The van der Waals surface area contributed by atoms with Crippen LogP contribution in [0.15, 0.2) is 18.2 Å². The lowest BCUT2D eigenvalue weighted by atomic mass is 10.1. The van der Waals surface area contributed by atoms with E-state index in [9.17, 15) is 4.79 Å². The third kappa shape index (κ3) is 3.43. The van der Waals surface area contributed by atoms with Crippen LogP contribution >= 0.6 is 0 Å². The van der Waals surface area contributed by atoms with E-state index in [1.807, 2.05) is 25.1 Å². The zero-order valence-corrected chi connectivity index (χ0v) is 9.75. The maximum atomic E-state index is 11.4. The Morgan fingerprint density at radius 3 is 2.88 bits per heavy atom. The minimum Gasteiger partial charge on any atom is -0.493 e. The molecule has 0 atom stereocenters. The normalized spacial score (nSPS) is 9.56. The highest BCUT2D eigenvalue weighted by atomic mass is 16.5. The molecule has 2 nitrogen and oxygen atoms in total. The van der Waals surface area contributed by atoms with Crippen molar-refractivity contribution in [3.8, 4) is 18.1 Å². The first-order valence-corrected chi connectivity index (χ1v) is 5.33. The van der Waals surface area contributed by atoms with Crippen molar-refractivity contribution in [1.82, 2.24) is 0 Å². The molecule has 0 fully saturated rings. The van der Waals surface area contributed by atoms with E-state index in [-0.39, 0.29) is 5.78 Å². The number of terminal acetylenes is 1. The molecule has 0 aliphatic heterocycles. The topological polar surface area (TPSA) is 26.3 Å². The molecule has 16 heavy (non-hydrogen) atoms. The fourth-order valence-corrected chi connectivity index (χ4v) is 1.40. The van der Waals surface area contributed by atoms with Crippen LogP contribution in [0, 0.1) is 19.3 Å². The number of carbonyl (C=O) groups excluding carboxylic acids is 1. The predicted octanol–water partition coefficient (Wildman–Crippen LogP) is 2.99. The lowest BCUT2D eigenvalue weighted by molar-refractivity contribution is 0.101. The van der Waals surface area contributed by atoms with Gasteiger partial charge in [0.15, 0.2) is 5.78 Å². The summed E-state index contributed by atoms with van der Waals surface area (Å²) in [6, 6.07) is 5.61. The number of benzene rings is 1. The molecule has 0 saturated carbocycles. The van der Waals surface area contributed by atoms with E-state index in [1.54, 1.807) is 6.92 Å². The van der Waals surface area contributed by atoms with Crippen molar-refractivity contribution >= 4 is 5.78 Å². The Kier molecular flexibility index (Phi) is 4.60. The van der Waals surface area contributed by atoms with Crippen LogP contribution in [0.25, 0.3) is 0 Å². The zero-order chi connectivity index (χ0) is 12.0. The lowest BCUT2D eigenvalue weighted by Crippen LogP contribution is -2.03. The minimum absolute atomic E-state index is 0.0237. The lowest BCUT2D eigenvalue weighted by Gasteiger charge is -2.09. The standard InChI is InChI=1S/C14H16O2/c1-4-5-6-9-16-14-8-7-11(2)10-13(14)12(3)15/h1,7-8,10H,5-6,9H2,2-3H3. The molecule has 0 amide bonds. The summed E-state index contributed by atoms with van der Waals surface area (Å²) in [7, 11) is 0.